The lowest BCUT2D eigenvalue weighted by molar-refractivity contribution is 0.0486. The van der Waals surface area contributed by atoms with Crippen molar-refractivity contribution in [3.05, 3.63) is 29.6 Å². The van der Waals surface area contributed by atoms with Crippen LogP contribution in [0.3, 0.4) is 0 Å². The van der Waals surface area contributed by atoms with Gasteiger partial charge in [-0.15, -0.1) is 0 Å². The summed E-state index contributed by atoms with van der Waals surface area (Å²) in [5, 5.41) is 3.23. The Bertz CT molecular complexity index is 462. The van der Waals surface area contributed by atoms with Gasteiger partial charge in [0.1, 0.15) is 0 Å². The Morgan fingerprint density at radius 2 is 2.22 bits per heavy atom. The second-order valence-electron chi connectivity index (χ2n) is 4.37. The summed E-state index contributed by atoms with van der Waals surface area (Å²) in [6.45, 7) is 2.27. The highest BCUT2D eigenvalue weighted by atomic mass is 16.5. The van der Waals surface area contributed by atoms with E-state index in [1.807, 2.05) is 0 Å². The Morgan fingerprint density at radius 3 is 2.94 bits per heavy atom. The number of aromatic nitrogens is 1. The molecule has 1 atom stereocenters. The molecule has 6 nitrogen and oxygen atoms in total. The molecule has 2 aliphatic rings. The van der Waals surface area contributed by atoms with E-state index < -0.39 is 0 Å². The third-order valence-electron chi connectivity index (χ3n) is 3.17. The van der Waals surface area contributed by atoms with Crippen molar-refractivity contribution in [2.75, 3.05) is 26.3 Å². The van der Waals surface area contributed by atoms with Gasteiger partial charge >= 0.3 is 0 Å². The third-order valence-corrected chi connectivity index (χ3v) is 3.17. The smallest absolute Gasteiger partial charge is 0.263 e. The first kappa shape index (κ1) is 11.3. The van der Waals surface area contributed by atoms with Gasteiger partial charge in [-0.2, -0.15) is 0 Å². The maximum Gasteiger partial charge on any atom is 0.263 e. The number of hydrogen-bond acceptors (Lipinski definition) is 5. The van der Waals surface area contributed by atoms with Gasteiger partial charge in [0.2, 0.25) is 0 Å². The van der Waals surface area contributed by atoms with Crippen LogP contribution in [0.4, 0.5) is 0 Å². The standard InChI is InChI=1S/C12H13N3O3/c16-11-9-1-2-13-5-10(9)12(17)15(11)6-8-7-18-4-3-14-8/h1-2,5,8,14H,3-4,6-7H2. The fourth-order valence-corrected chi connectivity index (χ4v) is 2.26. The van der Waals surface area contributed by atoms with Crippen LogP contribution < -0.4 is 5.32 Å². The summed E-state index contributed by atoms with van der Waals surface area (Å²) in [5.41, 5.74) is 0.825. The first-order valence-electron chi connectivity index (χ1n) is 5.88. The Kier molecular flexibility index (Phi) is 2.81. The van der Waals surface area contributed by atoms with Crippen LogP contribution in [0.15, 0.2) is 18.5 Å². The van der Waals surface area contributed by atoms with E-state index in [0.717, 1.165) is 6.54 Å². The van der Waals surface area contributed by atoms with Crippen LogP contribution in [0.1, 0.15) is 20.7 Å². The lowest BCUT2D eigenvalue weighted by atomic mass is 10.2. The maximum absolute atomic E-state index is 12.1. The van der Waals surface area contributed by atoms with Crippen LogP contribution in [0, 0.1) is 0 Å². The molecule has 1 fully saturated rings. The highest BCUT2D eigenvalue weighted by Crippen LogP contribution is 2.21. The lowest BCUT2D eigenvalue weighted by Crippen LogP contribution is -2.49. The quantitative estimate of drug-likeness (QED) is 0.724. The number of carbonyl (C=O) groups excluding carboxylic acids is 2. The van der Waals surface area contributed by atoms with E-state index in [1.54, 1.807) is 6.07 Å². The van der Waals surface area contributed by atoms with Gasteiger partial charge < -0.3 is 10.1 Å². The molecule has 2 amide bonds. The number of hydrogen-bond donors (Lipinski definition) is 1. The molecule has 0 bridgehead atoms. The maximum atomic E-state index is 12.1. The van der Waals surface area contributed by atoms with Gasteiger partial charge in [-0.05, 0) is 6.07 Å². The molecule has 3 rings (SSSR count). The van der Waals surface area contributed by atoms with Gasteiger partial charge in [0.25, 0.3) is 11.8 Å². The molecule has 0 radical (unpaired) electrons. The fraction of sp³-hybridized carbons (Fsp3) is 0.417. The predicted octanol–water partition coefficient (Wildman–Crippen LogP) is -0.334. The summed E-state index contributed by atoms with van der Waals surface area (Å²) in [5.74, 6) is -0.514. The van der Waals surface area contributed by atoms with Gasteiger partial charge in [0, 0.05) is 31.5 Å². The van der Waals surface area contributed by atoms with Crippen molar-refractivity contribution in [3.63, 3.8) is 0 Å². The number of morpholine rings is 1. The molecular weight excluding hydrogens is 234 g/mol. The van der Waals surface area contributed by atoms with Gasteiger partial charge in [0.05, 0.1) is 24.3 Å². The van der Waals surface area contributed by atoms with E-state index in [1.165, 1.54) is 17.3 Å². The number of ether oxygens (including phenoxy) is 1. The van der Waals surface area contributed by atoms with E-state index in [-0.39, 0.29) is 17.9 Å². The fourth-order valence-electron chi connectivity index (χ4n) is 2.26. The van der Waals surface area contributed by atoms with Gasteiger partial charge in [-0.1, -0.05) is 0 Å². The van der Waals surface area contributed by atoms with Gasteiger partial charge in [0.15, 0.2) is 0 Å². The molecule has 1 unspecified atom stereocenters. The summed E-state index contributed by atoms with van der Waals surface area (Å²) >= 11 is 0. The summed E-state index contributed by atoms with van der Waals surface area (Å²) in [6, 6.07) is 1.59. The molecule has 0 aliphatic carbocycles. The van der Waals surface area contributed by atoms with Crippen molar-refractivity contribution in [2.45, 2.75) is 6.04 Å². The monoisotopic (exact) mass is 247 g/mol. The van der Waals surface area contributed by atoms with Crippen molar-refractivity contribution < 1.29 is 14.3 Å². The highest BCUT2D eigenvalue weighted by Gasteiger charge is 2.36. The summed E-state index contributed by atoms with van der Waals surface area (Å²) in [4.78, 5) is 29.3. The number of imide groups is 1. The Morgan fingerprint density at radius 1 is 1.39 bits per heavy atom. The van der Waals surface area contributed by atoms with Crippen molar-refractivity contribution in [1.29, 1.82) is 0 Å². The number of pyridine rings is 1. The molecule has 94 valence electrons. The summed E-state index contributed by atoms with van der Waals surface area (Å²) in [7, 11) is 0. The number of rotatable bonds is 2. The molecule has 6 heteroatoms. The van der Waals surface area contributed by atoms with E-state index in [4.69, 9.17) is 4.74 Å². The zero-order valence-electron chi connectivity index (χ0n) is 9.76. The molecule has 2 aliphatic heterocycles. The molecule has 1 aromatic rings. The van der Waals surface area contributed by atoms with Crippen LogP contribution in [0.5, 0.6) is 0 Å². The number of carbonyl (C=O) groups is 2. The largest absolute Gasteiger partial charge is 0.378 e. The molecule has 18 heavy (non-hydrogen) atoms. The second-order valence-corrected chi connectivity index (χ2v) is 4.37. The van der Waals surface area contributed by atoms with Crippen molar-refractivity contribution in [3.8, 4) is 0 Å². The first-order chi connectivity index (χ1) is 8.77. The predicted molar refractivity (Wildman–Crippen MR) is 62.2 cm³/mol. The summed E-state index contributed by atoms with van der Waals surface area (Å²) < 4.78 is 5.32. The number of fused-ring (bicyclic) bond motifs is 1. The minimum atomic E-state index is -0.268. The van der Waals surface area contributed by atoms with Crippen LogP contribution in [-0.4, -0.2) is 54.0 Å². The van der Waals surface area contributed by atoms with Crippen LogP contribution in [0.25, 0.3) is 0 Å². The van der Waals surface area contributed by atoms with E-state index in [0.29, 0.717) is 30.9 Å². The van der Waals surface area contributed by atoms with Gasteiger partial charge in [-0.3, -0.25) is 19.5 Å². The zero-order chi connectivity index (χ0) is 12.5. The van der Waals surface area contributed by atoms with Crippen LogP contribution >= 0.6 is 0 Å². The van der Waals surface area contributed by atoms with Crippen molar-refractivity contribution in [2.24, 2.45) is 0 Å². The Balaban J connectivity index is 1.79. The molecule has 0 saturated carbocycles. The minimum Gasteiger partial charge on any atom is -0.378 e. The minimum absolute atomic E-state index is 0.00826. The molecule has 3 heterocycles. The number of amides is 2. The second kappa shape index (κ2) is 4.47. The van der Waals surface area contributed by atoms with Crippen molar-refractivity contribution >= 4 is 11.8 Å². The average Bonchev–Trinajstić information content (AvgIpc) is 2.66. The molecule has 0 aromatic carbocycles. The molecular formula is C12H13N3O3. The van der Waals surface area contributed by atoms with Crippen molar-refractivity contribution in [1.82, 2.24) is 15.2 Å². The van der Waals surface area contributed by atoms with E-state index in [9.17, 15) is 9.59 Å². The normalized spacial score (nSPS) is 23.3. The Labute approximate surface area is 104 Å². The third kappa shape index (κ3) is 1.79. The topological polar surface area (TPSA) is 71.5 Å². The average molecular weight is 247 g/mol. The first-order valence-corrected chi connectivity index (χ1v) is 5.88. The van der Waals surface area contributed by atoms with Gasteiger partial charge in [-0.25, -0.2) is 0 Å². The SMILES string of the molecule is O=C1c2ccncc2C(=O)N1CC1COCCN1. The Hall–Kier alpha value is -1.79. The van der Waals surface area contributed by atoms with Crippen LogP contribution in [0.2, 0.25) is 0 Å². The summed E-state index contributed by atoms with van der Waals surface area (Å²) in [6.07, 6.45) is 2.97. The lowest BCUT2D eigenvalue weighted by Gasteiger charge is -2.27. The molecule has 0 spiro atoms. The van der Waals surface area contributed by atoms with E-state index >= 15 is 0 Å². The van der Waals surface area contributed by atoms with Crippen LogP contribution in [-0.2, 0) is 4.74 Å². The molecule has 1 aromatic heterocycles. The number of nitrogens with one attached hydrogen (secondary N) is 1. The molecule has 1 saturated heterocycles. The molecule has 1 N–H and O–H groups in total. The highest BCUT2D eigenvalue weighted by molar-refractivity contribution is 6.21. The zero-order valence-corrected chi connectivity index (χ0v) is 9.76. The van der Waals surface area contributed by atoms with E-state index in [2.05, 4.69) is 10.3 Å². The number of nitrogens with zero attached hydrogens (tertiary/aromatic N) is 2.